The molecule has 1 rings (SSSR count). The van der Waals surface area contributed by atoms with E-state index in [4.69, 9.17) is 9.84 Å². The number of para-hydroxylation sites is 1. The Bertz CT molecular complexity index is 327. The van der Waals surface area contributed by atoms with Gasteiger partial charge in [0, 0.05) is 19.6 Å². The molecule has 0 heterocycles. The number of amides is 1. The predicted octanol–water partition coefficient (Wildman–Crippen LogP) is 1.73. The number of ether oxygens (including phenoxy) is 1. The van der Waals surface area contributed by atoms with Gasteiger partial charge in [-0.3, -0.25) is 4.79 Å². The maximum absolute atomic E-state index is 11.4. The molecule has 0 aromatic heterocycles. The first-order valence-electron chi connectivity index (χ1n) is 6.38. The lowest BCUT2D eigenvalue weighted by molar-refractivity contribution is -0.121. The molecular weight excluding hydrogens is 230 g/mol. The average Bonchev–Trinajstić information content (AvgIpc) is 2.41. The van der Waals surface area contributed by atoms with E-state index in [1.54, 1.807) is 0 Å². The lowest BCUT2D eigenvalue weighted by Gasteiger charge is -2.06. The van der Waals surface area contributed by atoms with E-state index in [1.165, 1.54) is 0 Å². The molecule has 0 aliphatic carbocycles. The number of hydrogen-bond acceptors (Lipinski definition) is 3. The summed E-state index contributed by atoms with van der Waals surface area (Å²) in [4.78, 5) is 11.4. The Labute approximate surface area is 108 Å². The number of benzene rings is 1. The first-order valence-corrected chi connectivity index (χ1v) is 6.38. The number of aliphatic hydroxyl groups is 1. The van der Waals surface area contributed by atoms with Gasteiger partial charge < -0.3 is 15.2 Å². The smallest absolute Gasteiger partial charge is 0.220 e. The lowest BCUT2D eigenvalue weighted by atomic mass is 10.3. The molecule has 0 aliphatic heterocycles. The molecular formula is C14H21NO3. The van der Waals surface area contributed by atoms with Gasteiger partial charge in [0.15, 0.2) is 0 Å². The van der Waals surface area contributed by atoms with Crippen molar-refractivity contribution in [2.24, 2.45) is 0 Å². The molecule has 18 heavy (non-hydrogen) atoms. The van der Waals surface area contributed by atoms with Gasteiger partial charge in [-0.2, -0.15) is 0 Å². The Morgan fingerprint density at radius 2 is 1.94 bits per heavy atom. The Kier molecular flexibility index (Phi) is 7.64. The standard InChI is InChI=1S/C14H21NO3/c16-11-5-4-10-15-14(17)9-6-12-18-13-7-2-1-3-8-13/h1-3,7-8,16H,4-6,9-12H2,(H,15,17). The third-order valence-electron chi connectivity index (χ3n) is 2.47. The highest BCUT2D eigenvalue weighted by atomic mass is 16.5. The van der Waals surface area contributed by atoms with Crippen LogP contribution in [0.2, 0.25) is 0 Å². The summed E-state index contributed by atoms with van der Waals surface area (Å²) < 4.78 is 5.49. The quantitative estimate of drug-likeness (QED) is 0.657. The monoisotopic (exact) mass is 251 g/mol. The van der Waals surface area contributed by atoms with Gasteiger partial charge in [-0.1, -0.05) is 18.2 Å². The summed E-state index contributed by atoms with van der Waals surface area (Å²) in [6, 6.07) is 9.57. The zero-order valence-corrected chi connectivity index (χ0v) is 10.6. The van der Waals surface area contributed by atoms with E-state index in [9.17, 15) is 4.79 Å². The fraction of sp³-hybridized carbons (Fsp3) is 0.500. The molecule has 0 spiro atoms. The van der Waals surface area contributed by atoms with Crippen LogP contribution in [0.1, 0.15) is 25.7 Å². The molecule has 1 aromatic carbocycles. The molecule has 2 N–H and O–H groups in total. The number of carbonyl (C=O) groups excluding carboxylic acids is 1. The van der Waals surface area contributed by atoms with Gasteiger partial charge in [0.25, 0.3) is 0 Å². The number of rotatable bonds is 9. The minimum Gasteiger partial charge on any atom is -0.494 e. The topological polar surface area (TPSA) is 58.6 Å². The number of aliphatic hydroxyl groups excluding tert-OH is 1. The SMILES string of the molecule is O=C(CCCOc1ccccc1)NCCCCO. The van der Waals surface area contributed by atoms with Crippen molar-refractivity contribution in [1.29, 1.82) is 0 Å². The zero-order valence-electron chi connectivity index (χ0n) is 10.6. The van der Waals surface area contributed by atoms with Gasteiger partial charge in [0.2, 0.25) is 5.91 Å². The summed E-state index contributed by atoms with van der Waals surface area (Å²) in [5.41, 5.74) is 0. The highest BCUT2D eigenvalue weighted by molar-refractivity contribution is 5.75. The molecule has 0 saturated carbocycles. The van der Waals surface area contributed by atoms with Gasteiger partial charge in [-0.25, -0.2) is 0 Å². The van der Waals surface area contributed by atoms with Crippen LogP contribution in [0.15, 0.2) is 30.3 Å². The highest BCUT2D eigenvalue weighted by Crippen LogP contribution is 2.08. The fourth-order valence-electron chi connectivity index (χ4n) is 1.49. The van der Waals surface area contributed by atoms with Crippen LogP contribution in [0.4, 0.5) is 0 Å². The number of carbonyl (C=O) groups is 1. The maximum Gasteiger partial charge on any atom is 0.220 e. The van der Waals surface area contributed by atoms with E-state index in [-0.39, 0.29) is 12.5 Å². The third-order valence-corrected chi connectivity index (χ3v) is 2.47. The van der Waals surface area contributed by atoms with Gasteiger partial charge >= 0.3 is 0 Å². The second-order valence-electron chi connectivity index (χ2n) is 4.05. The Morgan fingerprint density at radius 3 is 2.67 bits per heavy atom. The van der Waals surface area contributed by atoms with Crippen LogP contribution in [0, 0.1) is 0 Å². The van der Waals surface area contributed by atoms with Crippen molar-refractivity contribution in [3.8, 4) is 5.75 Å². The first-order chi connectivity index (χ1) is 8.83. The van der Waals surface area contributed by atoms with Crippen molar-refractivity contribution < 1.29 is 14.6 Å². The number of nitrogens with one attached hydrogen (secondary N) is 1. The van der Waals surface area contributed by atoms with Crippen LogP contribution in [-0.4, -0.2) is 30.8 Å². The van der Waals surface area contributed by atoms with Crippen LogP contribution in [0.3, 0.4) is 0 Å². The van der Waals surface area contributed by atoms with Crippen molar-refractivity contribution in [2.45, 2.75) is 25.7 Å². The van der Waals surface area contributed by atoms with Crippen molar-refractivity contribution in [1.82, 2.24) is 5.32 Å². The van der Waals surface area contributed by atoms with E-state index in [1.807, 2.05) is 30.3 Å². The second kappa shape index (κ2) is 9.48. The fourth-order valence-corrected chi connectivity index (χ4v) is 1.49. The number of unbranched alkanes of at least 4 members (excludes halogenated alkanes) is 1. The highest BCUT2D eigenvalue weighted by Gasteiger charge is 2.00. The zero-order chi connectivity index (χ0) is 13.1. The molecule has 1 amide bonds. The molecule has 4 heteroatoms. The summed E-state index contributed by atoms with van der Waals surface area (Å²) in [5, 5.41) is 11.4. The van der Waals surface area contributed by atoms with Crippen LogP contribution >= 0.6 is 0 Å². The molecule has 0 aliphatic rings. The van der Waals surface area contributed by atoms with Gasteiger partial charge in [0.1, 0.15) is 5.75 Å². The van der Waals surface area contributed by atoms with E-state index in [0.717, 1.165) is 18.6 Å². The van der Waals surface area contributed by atoms with Gasteiger partial charge in [-0.05, 0) is 31.4 Å². The molecule has 0 atom stereocenters. The van der Waals surface area contributed by atoms with E-state index < -0.39 is 0 Å². The molecule has 0 radical (unpaired) electrons. The van der Waals surface area contributed by atoms with Crippen LogP contribution < -0.4 is 10.1 Å². The molecule has 100 valence electrons. The normalized spacial score (nSPS) is 10.1. The molecule has 0 fully saturated rings. The molecule has 4 nitrogen and oxygen atoms in total. The van der Waals surface area contributed by atoms with E-state index >= 15 is 0 Å². The first kappa shape index (κ1) is 14.5. The average molecular weight is 251 g/mol. The maximum atomic E-state index is 11.4. The van der Waals surface area contributed by atoms with Gasteiger partial charge in [-0.15, -0.1) is 0 Å². The molecule has 0 bridgehead atoms. The molecule has 1 aromatic rings. The summed E-state index contributed by atoms with van der Waals surface area (Å²) in [5.74, 6) is 0.880. The van der Waals surface area contributed by atoms with E-state index in [2.05, 4.69) is 5.32 Å². The largest absolute Gasteiger partial charge is 0.494 e. The van der Waals surface area contributed by atoms with Crippen LogP contribution in [0.5, 0.6) is 5.75 Å². The van der Waals surface area contributed by atoms with Crippen molar-refractivity contribution in [3.63, 3.8) is 0 Å². The molecule has 0 saturated heterocycles. The number of hydrogen-bond donors (Lipinski definition) is 2. The molecule has 0 unspecified atom stereocenters. The summed E-state index contributed by atoms with van der Waals surface area (Å²) in [6.07, 6.45) is 2.74. The Balaban J connectivity index is 1.99. The van der Waals surface area contributed by atoms with Crippen molar-refractivity contribution >= 4 is 5.91 Å². The Morgan fingerprint density at radius 1 is 1.17 bits per heavy atom. The predicted molar refractivity (Wildman–Crippen MR) is 70.5 cm³/mol. The second-order valence-corrected chi connectivity index (χ2v) is 4.05. The summed E-state index contributed by atoms with van der Waals surface area (Å²) >= 11 is 0. The van der Waals surface area contributed by atoms with Gasteiger partial charge in [0.05, 0.1) is 6.61 Å². The minimum absolute atomic E-state index is 0.0459. The van der Waals surface area contributed by atoms with E-state index in [0.29, 0.717) is 26.0 Å². The van der Waals surface area contributed by atoms with Crippen molar-refractivity contribution in [2.75, 3.05) is 19.8 Å². The summed E-state index contributed by atoms with van der Waals surface area (Å²) in [7, 11) is 0. The van der Waals surface area contributed by atoms with Crippen molar-refractivity contribution in [3.05, 3.63) is 30.3 Å². The lowest BCUT2D eigenvalue weighted by Crippen LogP contribution is -2.24. The van der Waals surface area contributed by atoms with Crippen LogP contribution in [0.25, 0.3) is 0 Å². The minimum atomic E-state index is 0.0459. The van der Waals surface area contributed by atoms with Crippen LogP contribution in [-0.2, 0) is 4.79 Å². The Hall–Kier alpha value is -1.55. The summed E-state index contributed by atoms with van der Waals surface area (Å²) in [6.45, 7) is 1.37. The third kappa shape index (κ3) is 6.91.